The number of furan rings is 1. The van der Waals surface area contributed by atoms with Gasteiger partial charge in [-0.2, -0.15) is 0 Å². The molecule has 1 saturated heterocycles. The van der Waals surface area contributed by atoms with Gasteiger partial charge >= 0.3 is 0 Å². The zero-order chi connectivity index (χ0) is 20.5. The van der Waals surface area contributed by atoms with Gasteiger partial charge in [-0.25, -0.2) is 8.42 Å². The number of nitrogens with zero attached hydrogens (tertiary/aromatic N) is 1. The first kappa shape index (κ1) is 20.5. The Bertz CT molecular complexity index is 963. The highest BCUT2D eigenvalue weighted by molar-refractivity contribution is 7.91. The van der Waals surface area contributed by atoms with E-state index in [2.05, 4.69) is 0 Å². The number of carbonyl (C=O) groups excluding carboxylic acids is 1. The fraction of sp³-hybridized carbons (Fsp3) is 0.476. The van der Waals surface area contributed by atoms with Crippen molar-refractivity contribution in [2.75, 3.05) is 11.5 Å². The number of rotatable bonds is 6. The van der Waals surface area contributed by atoms with E-state index in [9.17, 15) is 13.2 Å². The number of ether oxygens (including phenoxy) is 1. The Kier molecular flexibility index (Phi) is 5.84. The van der Waals surface area contributed by atoms with Gasteiger partial charge in [-0.15, -0.1) is 0 Å². The van der Waals surface area contributed by atoms with Crippen molar-refractivity contribution in [1.29, 1.82) is 0 Å². The molecular formula is C21H27NO5S. The third-order valence-corrected chi connectivity index (χ3v) is 6.94. The average molecular weight is 406 g/mol. The number of sulfone groups is 1. The number of hydrogen-bond acceptors (Lipinski definition) is 5. The van der Waals surface area contributed by atoms with Crippen LogP contribution < -0.4 is 4.74 Å². The van der Waals surface area contributed by atoms with E-state index >= 15 is 0 Å². The van der Waals surface area contributed by atoms with Gasteiger partial charge in [-0.05, 0) is 69.5 Å². The molecule has 2 aromatic rings. The standard InChI is InChI=1S/C21H27NO5S/c1-14-5-7-19(11-15(14)2)27-17(4)21(23)22(12-20-8-6-16(3)26-20)18-9-10-28(24,25)13-18/h5-8,11,17-18H,9-10,12-13H2,1-4H3/t17-,18-/m0/s1. The van der Waals surface area contributed by atoms with Crippen molar-refractivity contribution < 1.29 is 22.4 Å². The van der Waals surface area contributed by atoms with E-state index in [1.165, 1.54) is 0 Å². The Morgan fingerprint density at radius 2 is 1.96 bits per heavy atom. The summed E-state index contributed by atoms with van der Waals surface area (Å²) in [5.74, 6) is 1.85. The summed E-state index contributed by atoms with van der Waals surface area (Å²) in [7, 11) is -3.12. The molecule has 0 radical (unpaired) electrons. The molecular weight excluding hydrogens is 378 g/mol. The smallest absolute Gasteiger partial charge is 0.264 e. The molecule has 0 N–H and O–H groups in total. The zero-order valence-electron chi connectivity index (χ0n) is 16.8. The molecule has 0 spiro atoms. The van der Waals surface area contributed by atoms with Crippen molar-refractivity contribution >= 4 is 15.7 Å². The van der Waals surface area contributed by atoms with E-state index in [0.717, 1.165) is 16.9 Å². The van der Waals surface area contributed by atoms with Crippen LogP contribution in [0, 0.1) is 20.8 Å². The first-order valence-electron chi connectivity index (χ1n) is 9.45. The molecule has 1 fully saturated rings. The quantitative estimate of drug-likeness (QED) is 0.738. The average Bonchev–Trinajstić information content (AvgIpc) is 3.20. The number of aryl methyl sites for hydroxylation is 3. The van der Waals surface area contributed by atoms with E-state index in [-0.39, 0.29) is 30.0 Å². The number of hydrogen-bond donors (Lipinski definition) is 0. The maximum absolute atomic E-state index is 13.2. The molecule has 3 rings (SSSR count). The van der Waals surface area contributed by atoms with Gasteiger partial charge in [0.15, 0.2) is 15.9 Å². The number of amides is 1. The van der Waals surface area contributed by atoms with Gasteiger partial charge in [0.2, 0.25) is 0 Å². The summed E-state index contributed by atoms with van der Waals surface area (Å²) in [6.07, 6.45) is -0.300. The highest BCUT2D eigenvalue weighted by Gasteiger charge is 2.37. The second-order valence-electron chi connectivity index (χ2n) is 7.54. The Morgan fingerprint density at radius 3 is 2.54 bits per heavy atom. The van der Waals surface area contributed by atoms with Crippen molar-refractivity contribution in [3.05, 3.63) is 53.0 Å². The summed E-state index contributed by atoms with van der Waals surface area (Å²) in [6.45, 7) is 7.76. The molecule has 0 saturated carbocycles. The topological polar surface area (TPSA) is 76.8 Å². The van der Waals surface area contributed by atoms with Gasteiger partial charge < -0.3 is 14.1 Å². The lowest BCUT2D eigenvalue weighted by Crippen LogP contribution is -2.46. The van der Waals surface area contributed by atoms with E-state index in [4.69, 9.17) is 9.15 Å². The second kappa shape index (κ2) is 7.99. The molecule has 7 heteroatoms. The lowest BCUT2D eigenvalue weighted by molar-refractivity contribution is -0.140. The van der Waals surface area contributed by atoms with Crippen LogP contribution in [-0.2, 0) is 21.2 Å². The molecule has 28 heavy (non-hydrogen) atoms. The minimum Gasteiger partial charge on any atom is -0.481 e. The van der Waals surface area contributed by atoms with E-state index in [1.807, 2.05) is 51.1 Å². The van der Waals surface area contributed by atoms with E-state index < -0.39 is 15.9 Å². The summed E-state index contributed by atoms with van der Waals surface area (Å²) >= 11 is 0. The van der Waals surface area contributed by atoms with Gasteiger partial charge in [-0.3, -0.25) is 4.79 Å². The summed E-state index contributed by atoms with van der Waals surface area (Å²) in [5, 5.41) is 0. The van der Waals surface area contributed by atoms with Crippen LogP contribution in [0.25, 0.3) is 0 Å². The predicted octanol–water partition coefficient (Wildman–Crippen LogP) is 3.19. The van der Waals surface area contributed by atoms with Crippen LogP contribution in [0.5, 0.6) is 5.75 Å². The third kappa shape index (κ3) is 4.76. The van der Waals surface area contributed by atoms with Crippen LogP contribution in [0.1, 0.15) is 36.0 Å². The molecule has 152 valence electrons. The molecule has 2 heterocycles. The van der Waals surface area contributed by atoms with Crippen LogP contribution >= 0.6 is 0 Å². The summed E-state index contributed by atoms with van der Waals surface area (Å²) in [5.41, 5.74) is 2.24. The molecule has 1 aliphatic rings. The Balaban J connectivity index is 1.79. The van der Waals surface area contributed by atoms with Crippen LogP contribution in [0.3, 0.4) is 0 Å². The van der Waals surface area contributed by atoms with Crippen molar-refractivity contribution in [3.63, 3.8) is 0 Å². The van der Waals surface area contributed by atoms with E-state index in [0.29, 0.717) is 17.9 Å². The Morgan fingerprint density at radius 1 is 1.21 bits per heavy atom. The summed E-state index contributed by atoms with van der Waals surface area (Å²) in [6, 6.07) is 8.97. The van der Waals surface area contributed by atoms with Gasteiger partial charge in [0.05, 0.1) is 18.1 Å². The predicted molar refractivity (Wildman–Crippen MR) is 107 cm³/mol. The van der Waals surface area contributed by atoms with Crippen LogP contribution in [-0.4, -0.2) is 42.9 Å². The van der Waals surface area contributed by atoms with Gasteiger partial charge in [0, 0.05) is 6.04 Å². The third-order valence-electron chi connectivity index (χ3n) is 5.19. The molecule has 2 atom stereocenters. The maximum Gasteiger partial charge on any atom is 0.264 e. The molecule has 0 bridgehead atoms. The van der Waals surface area contributed by atoms with Gasteiger partial charge in [0.1, 0.15) is 17.3 Å². The molecule has 0 aliphatic carbocycles. The van der Waals surface area contributed by atoms with Crippen molar-refractivity contribution in [3.8, 4) is 5.75 Å². The SMILES string of the molecule is Cc1ccc(CN(C(=O)[C@H](C)Oc2ccc(C)c(C)c2)[C@H]2CCS(=O)(=O)C2)o1. The molecule has 1 amide bonds. The molecule has 1 aromatic carbocycles. The monoisotopic (exact) mass is 405 g/mol. The summed E-state index contributed by atoms with van der Waals surface area (Å²) < 4.78 is 35.4. The molecule has 0 unspecified atom stereocenters. The normalized spacial score (nSPS) is 19.4. The lowest BCUT2D eigenvalue weighted by atomic mass is 10.1. The van der Waals surface area contributed by atoms with Crippen LogP contribution in [0.4, 0.5) is 0 Å². The number of benzene rings is 1. The highest BCUT2D eigenvalue weighted by Crippen LogP contribution is 2.24. The van der Waals surface area contributed by atoms with Gasteiger partial charge in [0.25, 0.3) is 5.91 Å². The van der Waals surface area contributed by atoms with Crippen LogP contribution in [0.15, 0.2) is 34.7 Å². The number of carbonyl (C=O) groups is 1. The minimum atomic E-state index is -3.12. The Hall–Kier alpha value is -2.28. The lowest BCUT2D eigenvalue weighted by Gasteiger charge is -2.30. The minimum absolute atomic E-state index is 0.0191. The fourth-order valence-electron chi connectivity index (χ4n) is 3.42. The maximum atomic E-state index is 13.2. The van der Waals surface area contributed by atoms with Gasteiger partial charge in [-0.1, -0.05) is 6.07 Å². The first-order valence-corrected chi connectivity index (χ1v) is 11.3. The highest BCUT2D eigenvalue weighted by atomic mass is 32.2. The molecule has 6 nitrogen and oxygen atoms in total. The van der Waals surface area contributed by atoms with Crippen molar-refractivity contribution in [2.45, 2.75) is 52.8 Å². The molecule has 1 aromatic heterocycles. The van der Waals surface area contributed by atoms with Crippen molar-refractivity contribution in [1.82, 2.24) is 4.90 Å². The van der Waals surface area contributed by atoms with Crippen LogP contribution in [0.2, 0.25) is 0 Å². The fourth-order valence-corrected chi connectivity index (χ4v) is 5.15. The Labute approximate surface area is 166 Å². The first-order chi connectivity index (χ1) is 13.1. The summed E-state index contributed by atoms with van der Waals surface area (Å²) in [4.78, 5) is 14.8. The largest absolute Gasteiger partial charge is 0.481 e. The van der Waals surface area contributed by atoms with E-state index in [1.54, 1.807) is 11.8 Å². The molecule has 1 aliphatic heterocycles. The second-order valence-corrected chi connectivity index (χ2v) is 9.77. The van der Waals surface area contributed by atoms with Crippen molar-refractivity contribution in [2.24, 2.45) is 0 Å². The zero-order valence-corrected chi connectivity index (χ0v) is 17.6.